The van der Waals surface area contributed by atoms with Crippen LogP contribution >= 0.6 is 0 Å². The summed E-state index contributed by atoms with van der Waals surface area (Å²) in [6.07, 6.45) is 1.54. The first-order valence-electron chi connectivity index (χ1n) is 9.73. The number of nitrogens with zero attached hydrogens (tertiary/aromatic N) is 4. The molecule has 30 heavy (non-hydrogen) atoms. The Morgan fingerprint density at radius 2 is 1.93 bits per heavy atom. The number of benzene rings is 2. The topological polar surface area (TPSA) is 81.3 Å². The van der Waals surface area contributed by atoms with E-state index < -0.39 is 4.92 Å². The maximum atomic E-state index is 13.5. The number of anilines is 1. The van der Waals surface area contributed by atoms with Crippen molar-refractivity contribution in [3.8, 4) is 0 Å². The van der Waals surface area contributed by atoms with Gasteiger partial charge in [0, 0.05) is 17.8 Å². The minimum absolute atomic E-state index is 0.0296. The quantitative estimate of drug-likeness (QED) is 0.479. The van der Waals surface area contributed by atoms with Crippen LogP contribution < -0.4 is 4.90 Å². The van der Waals surface area contributed by atoms with Gasteiger partial charge in [0.05, 0.1) is 11.5 Å². The van der Waals surface area contributed by atoms with Gasteiger partial charge in [-0.2, -0.15) is 5.10 Å². The molecule has 0 aliphatic carbocycles. The molecule has 1 aliphatic heterocycles. The van der Waals surface area contributed by atoms with Gasteiger partial charge in [0.2, 0.25) is 0 Å². The molecule has 0 spiro atoms. The van der Waals surface area contributed by atoms with Crippen LogP contribution in [0.2, 0.25) is 0 Å². The molecule has 2 heterocycles. The van der Waals surface area contributed by atoms with E-state index in [4.69, 9.17) is 0 Å². The normalized spacial score (nSPS) is 13.2. The molecule has 0 saturated carbocycles. The van der Waals surface area contributed by atoms with Gasteiger partial charge < -0.3 is 4.90 Å². The molecule has 1 aromatic heterocycles. The van der Waals surface area contributed by atoms with Gasteiger partial charge in [-0.3, -0.25) is 19.6 Å². The van der Waals surface area contributed by atoms with Gasteiger partial charge in [0.25, 0.3) is 5.91 Å². The van der Waals surface area contributed by atoms with E-state index in [0.717, 1.165) is 29.7 Å². The van der Waals surface area contributed by atoms with Crippen molar-refractivity contribution in [3.63, 3.8) is 0 Å². The Morgan fingerprint density at radius 3 is 2.60 bits per heavy atom. The zero-order chi connectivity index (χ0) is 21.4. The third-order valence-electron chi connectivity index (χ3n) is 5.46. The predicted molar refractivity (Wildman–Crippen MR) is 110 cm³/mol. The van der Waals surface area contributed by atoms with E-state index in [1.807, 2.05) is 12.1 Å². The van der Waals surface area contributed by atoms with Crippen LogP contribution in [0.25, 0.3) is 0 Å². The molecule has 0 N–H and O–H groups in total. The van der Waals surface area contributed by atoms with Gasteiger partial charge in [-0.25, -0.2) is 4.39 Å². The number of amides is 1. The summed E-state index contributed by atoms with van der Waals surface area (Å²) in [5, 5.41) is 15.4. The standard InChI is InChI=1S/C22H21FN4O3/c1-14-21(27(29)30)15(2)26(24-14)13-16-5-7-17(8-6-16)22(28)25-11-3-4-18-12-19(23)9-10-20(18)25/h5-10,12H,3-4,11,13H2,1-2H3. The van der Waals surface area contributed by atoms with Crippen LogP contribution in [-0.4, -0.2) is 27.2 Å². The van der Waals surface area contributed by atoms with E-state index in [-0.39, 0.29) is 17.4 Å². The Bertz CT molecular complexity index is 1140. The maximum absolute atomic E-state index is 13.5. The van der Waals surface area contributed by atoms with Crippen molar-refractivity contribution in [2.75, 3.05) is 11.4 Å². The second-order valence-electron chi connectivity index (χ2n) is 7.46. The van der Waals surface area contributed by atoms with Crippen molar-refractivity contribution < 1.29 is 14.1 Å². The van der Waals surface area contributed by atoms with Gasteiger partial charge >= 0.3 is 5.69 Å². The number of fused-ring (bicyclic) bond motifs is 1. The molecule has 3 aromatic rings. The van der Waals surface area contributed by atoms with Crippen LogP contribution in [0.5, 0.6) is 0 Å². The van der Waals surface area contributed by atoms with Crippen LogP contribution in [0, 0.1) is 29.8 Å². The molecule has 0 atom stereocenters. The summed E-state index contributed by atoms with van der Waals surface area (Å²) in [5.41, 5.74) is 3.92. The fraction of sp³-hybridized carbons (Fsp3) is 0.273. The monoisotopic (exact) mass is 408 g/mol. The van der Waals surface area contributed by atoms with E-state index >= 15 is 0 Å². The zero-order valence-corrected chi connectivity index (χ0v) is 16.8. The molecule has 0 radical (unpaired) electrons. The van der Waals surface area contributed by atoms with Crippen LogP contribution in [0.1, 0.15) is 39.3 Å². The van der Waals surface area contributed by atoms with Crippen molar-refractivity contribution in [3.05, 3.63) is 86.5 Å². The lowest BCUT2D eigenvalue weighted by Crippen LogP contribution is -2.35. The van der Waals surface area contributed by atoms with Gasteiger partial charge in [0.1, 0.15) is 17.2 Å². The Labute approximate surface area is 172 Å². The number of hydrogen-bond acceptors (Lipinski definition) is 4. The summed E-state index contributed by atoms with van der Waals surface area (Å²) in [7, 11) is 0. The number of carbonyl (C=O) groups is 1. The maximum Gasteiger partial charge on any atom is 0.312 e. The first-order chi connectivity index (χ1) is 14.3. The minimum Gasteiger partial charge on any atom is -0.308 e. The first kappa shape index (κ1) is 19.8. The molecule has 2 aromatic carbocycles. The zero-order valence-electron chi connectivity index (χ0n) is 16.8. The van der Waals surface area contributed by atoms with E-state index in [9.17, 15) is 19.3 Å². The molecule has 8 heteroatoms. The summed E-state index contributed by atoms with van der Waals surface area (Å²) in [5.74, 6) is -0.423. The van der Waals surface area contributed by atoms with Gasteiger partial charge in [0.15, 0.2) is 0 Å². The summed E-state index contributed by atoms with van der Waals surface area (Å²) in [6, 6.07) is 11.7. The number of carbonyl (C=O) groups excluding carboxylic acids is 1. The van der Waals surface area contributed by atoms with E-state index in [1.165, 1.54) is 12.1 Å². The summed E-state index contributed by atoms with van der Waals surface area (Å²) in [4.78, 5) is 25.5. The van der Waals surface area contributed by atoms with Gasteiger partial charge in [-0.15, -0.1) is 0 Å². The Morgan fingerprint density at radius 1 is 1.20 bits per heavy atom. The van der Waals surface area contributed by atoms with Gasteiger partial charge in [-0.05, 0) is 68.1 Å². The Hall–Kier alpha value is -3.55. The molecule has 154 valence electrons. The summed E-state index contributed by atoms with van der Waals surface area (Å²) in [6.45, 7) is 4.26. The molecule has 1 aliphatic rings. The minimum atomic E-state index is -0.418. The molecule has 1 amide bonds. The molecule has 7 nitrogen and oxygen atoms in total. The molecule has 0 unspecified atom stereocenters. The molecular weight excluding hydrogens is 387 g/mol. The predicted octanol–water partition coefficient (Wildman–Crippen LogP) is 4.19. The van der Waals surface area contributed by atoms with E-state index in [1.54, 1.807) is 41.6 Å². The first-order valence-corrected chi connectivity index (χ1v) is 9.73. The molecule has 0 fully saturated rings. The number of aromatic nitrogens is 2. The fourth-order valence-electron chi connectivity index (χ4n) is 3.96. The van der Waals surface area contributed by atoms with Gasteiger partial charge in [-0.1, -0.05) is 12.1 Å². The molecule has 0 bridgehead atoms. The fourth-order valence-corrected chi connectivity index (χ4v) is 3.96. The molecule has 0 saturated heterocycles. The number of hydrogen-bond donors (Lipinski definition) is 0. The second kappa shape index (κ2) is 7.70. The van der Waals surface area contributed by atoms with Crippen molar-refractivity contribution in [2.45, 2.75) is 33.2 Å². The second-order valence-corrected chi connectivity index (χ2v) is 7.46. The lowest BCUT2D eigenvalue weighted by atomic mass is 10.0. The summed E-state index contributed by atoms with van der Waals surface area (Å²) >= 11 is 0. The van der Waals surface area contributed by atoms with E-state index in [2.05, 4.69) is 5.10 Å². The average Bonchev–Trinajstić information content (AvgIpc) is 3.00. The largest absolute Gasteiger partial charge is 0.312 e. The highest BCUT2D eigenvalue weighted by atomic mass is 19.1. The third kappa shape index (κ3) is 3.56. The third-order valence-corrected chi connectivity index (χ3v) is 5.46. The highest BCUT2D eigenvalue weighted by molar-refractivity contribution is 6.06. The SMILES string of the molecule is Cc1nn(Cc2ccc(C(=O)N3CCCc4cc(F)ccc43)cc2)c(C)c1[N+](=O)[O-]. The summed E-state index contributed by atoms with van der Waals surface area (Å²) < 4.78 is 15.1. The average molecular weight is 408 g/mol. The van der Waals surface area contributed by atoms with Crippen LogP contribution in [0.4, 0.5) is 15.8 Å². The number of halogens is 1. The van der Waals surface area contributed by atoms with Crippen LogP contribution in [0.3, 0.4) is 0 Å². The van der Waals surface area contributed by atoms with E-state index in [0.29, 0.717) is 30.0 Å². The molecule has 4 rings (SSSR count). The Kier molecular flexibility index (Phi) is 5.07. The van der Waals surface area contributed by atoms with Crippen molar-refractivity contribution in [1.29, 1.82) is 0 Å². The van der Waals surface area contributed by atoms with Crippen molar-refractivity contribution in [1.82, 2.24) is 9.78 Å². The lowest BCUT2D eigenvalue weighted by Gasteiger charge is -2.29. The molecular formula is C22H21FN4O3. The Balaban J connectivity index is 1.54. The number of nitro groups is 1. The lowest BCUT2D eigenvalue weighted by molar-refractivity contribution is -0.386. The number of aryl methyl sites for hydroxylation is 2. The van der Waals surface area contributed by atoms with Crippen molar-refractivity contribution >= 4 is 17.3 Å². The van der Waals surface area contributed by atoms with Crippen LogP contribution in [-0.2, 0) is 13.0 Å². The smallest absolute Gasteiger partial charge is 0.308 e. The number of rotatable bonds is 4. The highest BCUT2D eigenvalue weighted by Gasteiger charge is 2.24. The van der Waals surface area contributed by atoms with Crippen LogP contribution in [0.15, 0.2) is 42.5 Å². The highest BCUT2D eigenvalue weighted by Crippen LogP contribution is 2.29. The van der Waals surface area contributed by atoms with Crippen molar-refractivity contribution in [2.24, 2.45) is 0 Å².